The Morgan fingerprint density at radius 1 is 1.06 bits per heavy atom. The summed E-state index contributed by atoms with van der Waals surface area (Å²) in [4.78, 5) is 9.31. The van der Waals surface area contributed by atoms with E-state index in [0.717, 1.165) is 59.6 Å². The van der Waals surface area contributed by atoms with Gasteiger partial charge in [0.25, 0.3) is 5.89 Å². The van der Waals surface area contributed by atoms with E-state index in [-0.39, 0.29) is 6.10 Å². The number of aryl methyl sites for hydroxylation is 2. The standard InChI is InChI=1S/C25H31N3O4/c1-6-16(7-2)21-11-19(12-22(26-21)29-5)25-27-24(28-32-25)18-9-15(4)23(17(8-3)10-18)31-14-20-13-30-20/h9-12,16,20H,6-8,13-14H2,1-5H3/t20-/m0/s1. The Bertz CT molecular complexity index is 1070. The number of pyridine rings is 1. The van der Waals surface area contributed by atoms with Crippen LogP contribution in [0.4, 0.5) is 0 Å². The summed E-state index contributed by atoms with van der Waals surface area (Å²) in [7, 11) is 1.62. The van der Waals surface area contributed by atoms with Crippen molar-refractivity contribution < 1.29 is 18.7 Å². The van der Waals surface area contributed by atoms with E-state index in [9.17, 15) is 0 Å². The molecule has 0 radical (unpaired) electrons. The van der Waals surface area contributed by atoms with Crippen LogP contribution < -0.4 is 9.47 Å². The summed E-state index contributed by atoms with van der Waals surface area (Å²) < 4.78 is 22.4. The van der Waals surface area contributed by atoms with Crippen LogP contribution in [0.5, 0.6) is 11.6 Å². The van der Waals surface area contributed by atoms with Gasteiger partial charge in [-0.3, -0.25) is 0 Å². The number of epoxide rings is 1. The maximum Gasteiger partial charge on any atom is 0.258 e. The Kier molecular flexibility index (Phi) is 6.74. The number of rotatable bonds is 10. The molecule has 0 unspecified atom stereocenters. The fourth-order valence-electron chi connectivity index (χ4n) is 3.91. The van der Waals surface area contributed by atoms with Crippen molar-refractivity contribution in [3.63, 3.8) is 0 Å². The Hall–Kier alpha value is -2.93. The average Bonchev–Trinajstić information content (AvgIpc) is 3.51. The topological polar surface area (TPSA) is 82.8 Å². The highest BCUT2D eigenvalue weighted by atomic mass is 16.6. The van der Waals surface area contributed by atoms with Crippen LogP contribution in [0.25, 0.3) is 22.8 Å². The van der Waals surface area contributed by atoms with Gasteiger partial charge in [-0.05, 0) is 55.5 Å². The van der Waals surface area contributed by atoms with Crippen LogP contribution in [0.3, 0.4) is 0 Å². The van der Waals surface area contributed by atoms with E-state index in [2.05, 4.69) is 42.0 Å². The van der Waals surface area contributed by atoms with Crippen molar-refractivity contribution in [1.29, 1.82) is 0 Å². The van der Waals surface area contributed by atoms with E-state index < -0.39 is 0 Å². The van der Waals surface area contributed by atoms with Gasteiger partial charge >= 0.3 is 0 Å². The predicted molar refractivity (Wildman–Crippen MR) is 122 cm³/mol. The number of ether oxygens (including phenoxy) is 3. The van der Waals surface area contributed by atoms with Gasteiger partial charge in [0.2, 0.25) is 11.7 Å². The minimum Gasteiger partial charge on any atom is -0.490 e. The highest BCUT2D eigenvalue weighted by Crippen LogP contribution is 2.33. The third kappa shape index (κ3) is 4.78. The molecule has 1 aromatic carbocycles. The molecule has 0 N–H and O–H groups in total. The molecule has 4 rings (SSSR count). The second-order valence-electron chi connectivity index (χ2n) is 8.16. The number of hydrogen-bond acceptors (Lipinski definition) is 7. The van der Waals surface area contributed by atoms with Crippen molar-refractivity contribution in [3.8, 4) is 34.5 Å². The molecule has 1 aliphatic heterocycles. The van der Waals surface area contributed by atoms with Gasteiger partial charge in [0.05, 0.1) is 13.7 Å². The zero-order chi connectivity index (χ0) is 22.7. The normalized spacial score (nSPS) is 15.2. The monoisotopic (exact) mass is 437 g/mol. The molecule has 0 aliphatic carbocycles. The van der Waals surface area contributed by atoms with Crippen molar-refractivity contribution in [3.05, 3.63) is 41.1 Å². The molecule has 0 amide bonds. The summed E-state index contributed by atoms with van der Waals surface area (Å²) in [5, 5.41) is 4.26. The first-order chi connectivity index (χ1) is 15.6. The minimum absolute atomic E-state index is 0.223. The van der Waals surface area contributed by atoms with E-state index in [0.29, 0.717) is 30.1 Å². The first kappa shape index (κ1) is 22.3. The molecular formula is C25H31N3O4. The molecule has 2 aromatic heterocycles. The van der Waals surface area contributed by atoms with Crippen LogP contribution in [-0.2, 0) is 11.2 Å². The molecule has 1 saturated heterocycles. The van der Waals surface area contributed by atoms with Gasteiger partial charge in [-0.2, -0.15) is 4.98 Å². The van der Waals surface area contributed by atoms with Crippen molar-refractivity contribution in [2.75, 3.05) is 20.3 Å². The maximum absolute atomic E-state index is 6.02. The summed E-state index contributed by atoms with van der Waals surface area (Å²) in [6.45, 7) is 9.86. The summed E-state index contributed by atoms with van der Waals surface area (Å²) in [5.74, 6) is 2.83. The van der Waals surface area contributed by atoms with Gasteiger partial charge < -0.3 is 18.7 Å². The number of benzene rings is 1. The molecule has 3 heterocycles. The summed E-state index contributed by atoms with van der Waals surface area (Å²) >= 11 is 0. The molecule has 1 atom stereocenters. The largest absolute Gasteiger partial charge is 0.490 e. The molecule has 1 fully saturated rings. The van der Waals surface area contributed by atoms with Gasteiger partial charge in [0.15, 0.2) is 0 Å². The fraction of sp³-hybridized carbons (Fsp3) is 0.480. The molecule has 0 bridgehead atoms. The lowest BCUT2D eigenvalue weighted by Crippen LogP contribution is -2.07. The molecule has 7 nitrogen and oxygen atoms in total. The minimum atomic E-state index is 0.223. The summed E-state index contributed by atoms with van der Waals surface area (Å²) in [5.41, 5.74) is 4.87. The van der Waals surface area contributed by atoms with Crippen molar-refractivity contribution in [2.24, 2.45) is 0 Å². The quantitative estimate of drug-likeness (QED) is 0.395. The second-order valence-corrected chi connectivity index (χ2v) is 8.16. The second kappa shape index (κ2) is 9.69. The number of methoxy groups -OCH3 is 1. The highest BCUT2D eigenvalue weighted by Gasteiger charge is 2.24. The number of aromatic nitrogens is 3. The van der Waals surface area contributed by atoms with E-state index in [1.807, 2.05) is 25.1 Å². The Morgan fingerprint density at radius 2 is 1.84 bits per heavy atom. The zero-order valence-electron chi connectivity index (χ0n) is 19.5. The van der Waals surface area contributed by atoms with Gasteiger partial charge in [-0.25, -0.2) is 4.98 Å². The molecule has 1 aliphatic rings. The fourth-order valence-corrected chi connectivity index (χ4v) is 3.91. The predicted octanol–water partition coefficient (Wildman–Crippen LogP) is 5.36. The highest BCUT2D eigenvalue weighted by molar-refractivity contribution is 5.64. The van der Waals surface area contributed by atoms with Crippen molar-refractivity contribution in [2.45, 2.75) is 59.0 Å². The van der Waals surface area contributed by atoms with Gasteiger partial charge in [0, 0.05) is 28.8 Å². The summed E-state index contributed by atoms with van der Waals surface area (Å²) in [6, 6.07) is 7.98. The van der Waals surface area contributed by atoms with Gasteiger partial charge in [0.1, 0.15) is 18.5 Å². The van der Waals surface area contributed by atoms with Crippen molar-refractivity contribution >= 4 is 0 Å². The van der Waals surface area contributed by atoms with Crippen LogP contribution in [0.15, 0.2) is 28.8 Å². The van der Waals surface area contributed by atoms with Gasteiger partial charge in [-0.1, -0.05) is 25.9 Å². The van der Waals surface area contributed by atoms with E-state index in [1.54, 1.807) is 7.11 Å². The molecule has 0 saturated carbocycles. The lowest BCUT2D eigenvalue weighted by atomic mass is 9.97. The molecular weight excluding hydrogens is 406 g/mol. The molecule has 0 spiro atoms. The van der Waals surface area contributed by atoms with Crippen LogP contribution >= 0.6 is 0 Å². The van der Waals surface area contributed by atoms with Crippen LogP contribution in [0, 0.1) is 6.92 Å². The number of nitrogens with zero attached hydrogens (tertiary/aromatic N) is 3. The van der Waals surface area contributed by atoms with E-state index in [1.165, 1.54) is 0 Å². The first-order valence-corrected chi connectivity index (χ1v) is 11.3. The Labute approximate surface area is 189 Å². The zero-order valence-corrected chi connectivity index (χ0v) is 19.5. The molecule has 3 aromatic rings. The van der Waals surface area contributed by atoms with E-state index >= 15 is 0 Å². The molecule has 7 heteroatoms. The lowest BCUT2D eigenvalue weighted by molar-refractivity contribution is 0.260. The molecule has 32 heavy (non-hydrogen) atoms. The SMILES string of the molecule is CCc1cc(-c2noc(-c3cc(OC)nc(C(CC)CC)c3)n2)cc(C)c1OC[C@@H]1CO1. The molecule has 170 valence electrons. The summed E-state index contributed by atoms with van der Waals surface area (Å²) in [6.07, 6.45) is 3.08. The van der Waals surface area contributed by atoms with Crippen molar-refractivity contribution in [1.82, 2.24) is 15.1 Å². The van der Waals surface area contributed by atoms with Crippen LogP contribution in [0.1, 0.15) is 56.4 Å². The maximum atomic E-state index is 6.02. The van der Waals surface area contributed by atoms with Crippen LogP contribution in [0.2, 0.25) is 0 Å². The number of hydrogen-bond donors (Lipinski definition) is 0. The lowest BCUT2D eigenvalue weighted by Gasteiger charge is -2.14. The Balaban J connectivity index is 1.65. The Morgan fingerprint density at radius 3 is 2.50 bits per heavy atom. The van der Waals surface area contributed by atoms with E-state index in [4.69, 9.17) is 18.7 Å². The average molecular weight is 438 g/mol. The third-order valence-electron chi connectivity index (χ3n) is 5.91. The first-order valence-electron chi connectivity index (χ1n) is 11.3. The third-order valence-corrected chi connectivity index (χ3v) is 5.91. The van der Waals surface area contributed by atoms with Crippen LogP contribution in [-0.4, -0.2) is 41.6 Å². The van der Waals surface area contributed by atoms with Gasteiger partial charge in [-0.15, -0.1) is 0 Å². The smallest absolute Gasteiger partial charge is 0.258 e.